The third-order valence-electron chi connectivity index (χ3n) is 5.23. The fraction of sp³-hybridized carbons (Fsp3) is 0.474. The Morgan fingerprint density at radius 3 is 2.77 bits per heavy atom. The first kappa shape index (κ1) is 21.4. The molecule has 9 nitrogen and oxygen atoms in total. The van der Waals surface area contributed by atoms with E-state index >= 15 is 0 Å². The Kier molecular flexibility index (Phi) is 6.47. The molecule has 2 aromatic rings. The number of rotatable bonds is 7. The quantitative estimate of drug-likeness (QED) is 0.707. The van der Waals surface area contributed by atoms with E-state index in [1.54, 1.807) is 4.68 Å². The average molecular weight is 419 g/mol. The highest BCUT2D eigenvalue weighted by molar-refractivity contribution is 5.98. The zero-order chi connectivity index (χ0) is 21.8. The molecule has 1 unspecified atom stereocenters. The van der Waals surface area contributed by atoms with E-state index in [0.717, 1.165) is 12.8 Å². The number of halogens is 2. The second-order valence-electron chi connectivity index (χ2n) is 7.36. The lowest BCUT2D eigenvalue weighted by Gasteiger charge is -2.35. The zero-order valence-corrected chi connectivity index (χ0v) is 16.6. The van der Waals surface area contributed by atoms with Crippen molar-refractivity contribution in [1.82, 2.24) is 19.7 Å². The molecule has 1 aliphatic rings. The molecule has 3 rings (SSSR count). The third-order valence-corrected chi connectivity index (χ3v) is 5.23. The smallest absolute Gasteiger partial charge is 0.388 e. The lowest BCUT2D eigenvalue weighted by atomic mass is 9.82. The highest BCUT2D eigenvalue weighted by atomic mass is 19.3. The van der Waals surface area contributed by atoms with Crippen LogP contribution in [0.2, 0.25) is 0 Å². The summed E-state index contributed by atoms with van der Waals surface area (Å²) in [4.78, 5) is 17.8. The third kappa shape index (κ3) is 4.83. The predicted molar refractivity (Wildman–Crippen MR) is 104 cm³/mol. The maximum atomic E-state index is 12.3. The van der Waals surface area contributed by atoms with Crippen molar-refractivity contribution in [2.75, 3.05) is 19.4 Å². The van der Waals surface area contributed by atoms with E-state index in [-0.39, 0.29) is 29.2 Å². The van der Waals surface area contributed by atoms with Crippen molar-refractivity contribution < 1.29 is 18.3 Å². The summed E-state index contributed by atoms with van der Waals surface area (Å²) in [5, 5.41) is 17.0. The molecule has 0 spiro atoms. The largest absolute Gasteiger partial charge is 0.417 e. The molecule has 0 aliphatic heterocycles. The molecule has 0 bridgehead atoms. The zero-order valence-electron chi connectivity index (χ0n) is 16.6. The average Bonchev–Trinajstić information content (AvgIpc) is 3.12. The first-order valence-corrected chi connectivity index (χ1v) is 9.41. The summed E-state index contributed by atoms with van der Waals surface area (Å²) < 4.78 is 30.3. The summed E-state index contributed by atoms with van der Waals surface area (Å²) in [6.07, 6.45) is 5.17. The maximum absolute atomic E-state index is 12.3. The number of nitrogens with one attached hydrogen (secondary N) is 1. The van der Waals surface area contributed by atoms with Crippen molar-refractivity contribution in [2.24, 2.45) is 11.7 Å². The topological polar surface area (TPSA) is 122 Å². The first-order valence-electron chi connectivity index (χ1n) is 9.41. The number of carbonyl (C=O) groups excluding carboxylic acids is 1. The van der Waals surface area contributed by atoms with Gasteiger partial charge in [0.25, 0.3) is 5.91 Å². The maximum Gasteiger partial charge on any atom is 0.388 e. The molecule has 3 atom stereocenters. The van der Waals surface area contributed by atoms with Crippen LogP contribution in [0.3, 0.4) is 0 Å². The van der Waals surface area contributed by atoms with E-state index in [0.29, 0.717) is 18.2 Å². The van der Waals surface area contributed by atoms with Gasteiger partial charge in [0.1, 0.15) is 5.56 Å². The first-order chi connectivity index (χ1) is 14.3. The van der Waals surface area contributed by atoms with Crippen LogP contribution in [0.25, 0.3) is 0 Å². The van der Waals surface area contributed by atoms with Crippen molar-refractivity contribution in [2.45, 2.75) is 38.0 Å². The summed E-state index contributed by atoms with van der Waals surface area (Å²) in [6, 6.07) is 5.23. The van der Waals surface area contributed by atoms with Gasteiger partial charge in [0.15, 0.2) is 5.82 Å². The van der Waals surface area contributed by atoms with Crippen LogP contribution in [0.4, 0.5) is 20.3 Å². The van der Waals surface area contributed by atoms with E-state index < -0.39 is 12.5 Å². The molecule has 1 aliphatic carbocycles. The van der Waals surface area contributed by atoms with Crippen molar-refractivity contribution in [3.05, 3.63) is 30.1 Å². The molecule has 1 fully saturated rings. The van der Waals surface area contributed by atoms with Crippen LogP contribution in [0, 0.1) is 17.2 Å². The van der Waals surface area contributed by atoms with Gasteiger partial charge in [0.2, 0.25) is 5.88 Å². The number of alkyl halides is 2. The van der Waals surface area contributed by atoms with E-state index in [1.807, 2.05) is 14.1 Å². The normalized spacial score (nSPS) is 21.4. The van der Waals surface area contributed by atoms with Gasteiger partial charge in [-0.3, -0.25) is 9.48 Å². The second kappa shape index (κ2) is 9.04. The molecular formula is C19H23F2N7O2. The minimum atomic E-state index is -2.97. The molecule has 0 aromatic carbocycles. The summed E-state index contributed by atoms with van der Waals surface area (Å²) >= 11 is 0. The van der Waals surface area contributed by atoms with Crippen molar-refractivity contribution in [3.63, 3.8) is 0 Å². The molecule has 160 valence electrons. The number of carbonyl (C=O) groups is 1. The van der Waals surface area contributed by atoms with Crippen LogP contribution < -0.4 is 15.8 Å². The fourth-order valence-corrected chi connectivity index (χ4v) is 3.64. The molecule has 1 saturated carbocycles. The van der Waals surface area contributed by atoms with Crippen LogP contribution in [0.15, 0.2) is 24.5 Å². The molecule has 0 radical (unpaired) electrons. The summed E-state index contributed by atoms with van der Waals surface area (Å²) in [5.41, 5.74) is 6.07. The number of hydrogen-bond acceptors (Lipinski definition) is 7. The van der Waals surface area contributed by atoms with Gasteiger partial charge < -0.3 is 20.7 Å². The van der Waals surface area contributed by atoms with Gasteiger partial charge in [0.05, 0.1) is 29.9 Å². The molecule has 2 heterocycles. The van der Waals surface area contributed by atoms with Gasteiger partial charge in [-0.15, -0.1) is 0 Å². The lowest BCUT2D eigenvalue weighted by Crippen LogP contribution is -2.37. The van der Waals surface area contributed by atoms with E-state index in [2.05, 4.69) is 31.1 Å². The number of pyridine rings is 1. The van der Waals surface area contributed by atoms with Crippen LogP contribution in [0.5, 0.6) is 5.88 Å². The Hall–Kier alpha value is -3.26. The minimum Gasteiger partial charge on any atom is -0.417 e. The molecule has 1 amide bonds. The number of hydrogen-bond donors (Lipinski definition) is 2. The molecular weight excluding hydrogens is 396 g/mol. The summed E-state index contributed by atoms with van der Waals surface area (Å²) in [6.45, 7) is -2.97. The lowest BCUT2D eigenvalue weighted by molar-refractivity contribution is -0.0528. The number of amides is 1. The van der Waals surface area contributed by atoms with Crippen molar-refractivity contribution >= 4 is 17.4 Å². The number of primary amides is 1. The number of ether oxygens (including phenoxy) is 1. The van der Waals surface area contributed by atoms with E-state index in [4.69, 9.17) is 5.73 Å². The van der Waals surface area contributed by atoms with Crippen LogP contribution >= 0.6 is 0 Å². The highest BCUT2D eigenvalue weighted by Crippen LogP contribution is 2.36. The van der Waals surface area contributed by atoms with Crippen molar-refractivity contribution in [1.29, 1.82) is 5.26 Å². The van der Waals surface area contributed by atoms with Gasteiger partial charge in [-0.1, -0.05) is 0 Å². The van der Waals surface area contributed by atoms with E-state index in [9.17, 15) is 18.8 Å². The Morgan fingerprint density at radius 1 is 1.43 bits per heavy atom. The fourth-order valence-electron chi connectivity index (χ4n) is 3.64. The van der Waals surface area contributed by atoms with Gasteiger partial charge in [0, 0.05) is 18.3 Å². The molecule has 3 N–H and O–H groups in total. The van der Waals surface area contributed by atoms with Gasteiger partial charge in [-0.2, -0.15) is 19.1 Å². The number of nitriles is 1. The van der Waals surface area contributed by atoms with Gasteiger partial charge in [-0.05, 0) is 39.4 Å². The molecule has 2 aromatic heterocycles. The monoisotopic (exact) mass is 419 g/mol. The second-order valence-corrected chi connectivity index (χ2v) is 7.36. The van der Waals surface area contributed by atoms with Crippen LogP contribution in [-0.4, -0.2) is 52.3 Å². The van der Waals surface area contributed by atoms with Gasteiger partial charge >= 0.3 is 6.61 Å². The Morgan fingerprint density at radius 2 is 2.20 bits per heavy atom. The minimum absolute atomic E-state index is 0.161. The summed E-state index contributed by atoms with van der Waals surface area (Å²) in [7, 11) is 3.98. The van der Waals surface area contributed by atoms with Crippen LogP contribution in [0.1, 0.15) is 35.7 Å². The molecule has 0 saturated heterocycles. The van der Waals surface area contributed by atoms with E-state index in [1.165, 1.54) is 24.5 Å². The van der Waals surface area contributed by atoms with Crippen LogP contribution in [-0.2, 0) is 0 Å². The standard InChI is InChI=1S/C19H23F2N7O2/c1-27(2)13-4-5-15(11(7-13)8-22)28-10-14(17(23)29)18(26-28)25-12-3-6-16(24-9-12)30-19(20)21/h3,6,9-11,13,15,19H,4-5,7H2,1-2H3,(H2,23,29)(H,25,26)/t11?,13-,15+/m0/s1. The Balaban J connectivity index is 1.82. The number of anilines is 2. The van der Waals surface area contributed by atoms with Gasteiger partial charge in [-0.25, -0.2) is 4.98 Å². The SMILES string of the molecule is CN(C)[C@H]1CC[C@@H](n2cc(C(N)=O)c(Nc3ccc(OC(F)F)nc3)n2)C(C#N)C1. The summed E-state index contributed by atoms with van der Waals surface area (Å²) in [5.74, 6) is -0.958. The Labute approximate surface area is 172 Å². The molecule has 11 heteroatoms. The predicted octanol–water partition coefficient (Wildman–Crippen LogP) is 2.52. The Bertz CT molecular complexity index is 924. The highest BCUT2D eigenvalue weighted by Gasteiger charge is 2.34. The molecule has 30 heavy (non-hydrogen) atoms. The van der Waals surface area contributed by atoms with Crippen molar-refractivity contribution in [3.8, 4) is 11.9 Å². The number of aromatic nitrogens is 3. The number of nitrogens with zero attached hydrogens (tertiary/aromatic N) is 5. The number of nitrogens with two attached hydrogens (primary N) is 1.